The van der Waals surface area contributed by atoms with Crippen LogP contribution in [0.4, 0.5) is 0 Å². The summed E-state index contributed by atoms with van der Waals surface area (Å²) in [5, 5.41) is 8.86. The van der Waals surface area contributed by atoms with Crippen LogP contribution in [-0.2, 0) is 6.42 Å². The fourth-order valence-corrected chi connectivity index (χ4v) is 1.31. The van der Waals surface area contributed by atoms with E-state index in [9.17, 15) is 4.79 Å². The molecule has 15 heavy (non-hydrogen) atoms. The lowest BCUT2D eigenvalue weighted by Gasteiger charge is -1.99. The van der Waals surface area contributed by atoms with Gasteiger partial charge in [0.1, 0.15) is 23.3 Å². The summed E-state index contributed by atoms with van der Waals surface area (Å²) in [6, 6.07) is 1.97. The minimum Gasteiger partial charge on any atom is -0.333 e. The molecule has 4 heteroatoms. The van der Waals surface area contributed by atoms with E-state index in [2.05, 4.69) is 9.97 Å². The highest BCUT2D eigenvalue weighted by Gasteiger charge is 2.19. The lowest BCUT2D eigenvalue weighted by Crippen LogP contribution is -2.09. The molecule has 1 rings (SSSR count). The Morgan fingerprint density at radius 1 is 1.60 bits per heavy atom. The highest BCUT2D eigenvalue weighted by molar-refractivity contribution is 5.97. The van der Waals surface area contributed by atoms with E-state index in [0.717, 1.165) is 18.7 Å². The molecule has 1 aromatic heterocycles. The monoisotopic (exact) mass is 205 g/mol. The number of nitriles is 1. The van der Waals surface area contributed by atoms with E-state index in [1.807, 2.05) is 13.0 Å². The zero-order chi connectivity index (χ0) is 11.4. The van der Waals surface area contributed by atoms with Crippen LogP contribution in [0.3, 0.4) is 0 Å². The predicted octanol–water partition coefficient (Wildman–Crippen LogP) is 2.07. The molecule has 0 aliphatic heterocycles. The summed E-state index contributed by atoms with van der Waals surface area (Å²) >= 11 is 0. The van der Waals surface area contributed by atoms with Crippen molar-refractivity contribution in [3.63, 3.8) is 0 Å². The minimum atomic E-state index is -0.130. The third-order valence-corrected chi connectivity index (χ3v) is 2.11. The van der Waals surface area contributed by atoms with E-state index in [1.165, 1.54) is 0 Å². The number of carbonyl (C=O) groups is 1. The normalized spacial score (nSPS) is 10.3. The number of imidazole rings is 1. The molecule has 0 saturated carbocycles. The Bertz CT molecular complexity index is 398. The third kappa shape index (κ3) is 2.44. The van der Waals surface area contributed by atoms with E-state index < -0.39 is 0 Å². The smallest absolute Gasteiger partial charge is 0.186 e. The van der Waals surface area contributed by atoms with Gasteiger partial charge in [0, 0.05) is 12.3 Å². The maximum absolute atomic E-state index is 11.7. The van der Waals surface area contributed by atoms with Crippen LogP contribution < -0.4 is 0 Å². The predicted molar refractivity (Wildman–Crippen MR) is 56.5 cm³/mol. The summed E-state index contributed by atoms with van der Waals surface area (Å²) in [4.78, 5) is 18.7. The summed E-state index contributed by atoms with van der Waals surface area (Å²) in [7, 11) is 0. The van der Waals surface area contributed by atoms with Gasteiger partial charge in [-0.2, -0.15) is 5.26 Å². The molecule has 0 atom stereocenters. The Kier molecular flexibility index (Phi) is 3.62. The number of hydrogen-bond donors (Lipinski definition) is 1. The number of nitrogens with one attached hydrogen (secondary N) is 1. The number of aryl methyl sites for hydroxylation is 1. The molecule has 0 bridgehead atoms. The molecule has 0 aromatic carbocycles. The van der Waals surface area contributed by atoms with Gasteiger partial charge < -0.3 is 4.98 Å². The molecule has 0 radical (unpaired) electrons. The number of Topliss-reactive ketones (excluding diaryl/α,β-unsaturated/α-hetero) is 1. The van der Waals surface area contributed by atoms with E-state index in [1.54, 1.807) is 13.8 Å². The SMILES string of the molecule is CCCc1nc(C(=O)C(C)C)c(C#N)[nH]1. The van der Waals surface area contributed by atoms with Crippen LogP contribution in [0.5, 0.6) is 0 Å². The van der Waals surface area contributed by atoms with Crippen LogP contribution >= 0.6 is 0 Å². The highest BCUT2D eigenvalue weighted by Crippen LogP contribution is 2.12. The van der Waals surface area contributed by atoms with Gasteiger partial charge in [-0.05, 0) is 6.42 Å². The second kappa shape index (κ2) is 4.74. The van der Waals surface area contributed by atoms with Crippen molar-refractivity contribution in [1.29, 1.82) is 5.26 Å². The average molecular weight is 205 g/mol. The van der Waals surface area contributed by atoms with E-state index in [-0.39, 0.29) is 23.1 Å². The maximum Gasteiger partial charge on any atom is 0.186 e. The quantitative estimate of drug-likeness (QED) is 0.765. The van der Waals surface area contributed by atoms with Gasteiger partial charge in [-0.25, -0.2) is 4.98 Å². The molecule has 0 aliphatic rings. The van der Waals surface area contributed by atoms with Crippen molar-refractivity contribution >= 4 is 5.78 Å². The first-order valence-electron chi connectivity index (χ1n) is 5.13. The second-order valence-corrected chi connectivity index (χ2v) is 3.79. The first-order chi connectivity index (χ1) is 7.10. The van der Waals surface area contributed by atoms with Gasteiger partial charge in [0.2, 0.25) is 0 Å². The second-order valence-electron chi connectivity index (χ2n) is 3.79. The zero-order valence-corrected chi connectivity index (χ0v) is 9.29. The van der Waals surface area contributed by atoms with Crippen molar-refractivity contribution in [2.24, 2.45) is 5.92 Å². The van der Waals surface area contributed by atoms with Crippen LogP contribution in [0.15, 0.2) is 0 Å². The van der Waals surface area contributed by atoms with Gasteiger partial charge in [0.15, 0.2) is 5.78 Å². The molecule has 0 spiro atoms. The summed E-state index contributed by atoms with van der Waals surface area (Å²) in [5.41, 5.74) is 0.577. The molecule has 0 amide bonds. The first-order valence-corrected chi connectivity index (χ1v) is 5.13. The Labute approximate surface area is 89.3 Å². The average Bonchev–Trinajstić information content (AvgIpc) is 2.60. The molecule has 4 nitrogen and oxygen atoms in total. The van der Waals surface area contributed by atoms with Crippen LogP contribution in [0.25, 0.3) is 0 Å². The number of nitrogens with zero attached hydrogens (tertiary/aromatic N) is 2. The summed E-state index contributed by atoms with van der Waals surface area (Å²) in [5.74, 6) is 0.512. The van der Waals surface area contributed by atoms with Crippen molar-refractivity contribution in [3.05, 3.63) is 17.2 Å². The van der Waals surface area contributed by atoms with Crippen molar-refractivity contribution < 1.29 is 4.79 Å². The third-order valence-electron chi connectivity index (χ3n) is 2.11. The summed E-state index contributed by atoms with van der Waals surface area (Å²) in [6.07, 6.45) is 1.70. The van der Waals surface area contributed by atoms with Crippen LogP contribution in [0, 0.1) is 17.2 Å². The minimum absolute atomic E-state index is 0.0786. The summed E-state index contributed by atoms with van der Waals surface area (Å²) < 4.78 is 0. The van der Waals surface area contributed by atoms with Crippen molar-refractivity contribution in [2.75, 3.05) is 0 Å². The van der Waals surface area contributed by atoms with Gasteiger partial charge in [-0.3, -0.25) is 4.79 Å². The molecule has 0 fully saturated rings. The molecule has 0 unspecified atom stereocenters. The molecule has 1 N–H and O–H groups in total. The molecular weight excluding hydrogens is 190 g/mol. The number of aromatic nitrogens is 2. The topological polar surface area (TPSA) is 69.5 Å². The van der Waals surface area contributed by atoms with Crippen molar-refractivity contribution in [1.82, 2.24) is 9.97 Å². The number of rotatable bonds is 4. The molecular formula is C11H15N3O. The standard InChI is InChI=1S/C11H15N3O/c1-4-5-9-13-8(6-12)10(14-9)11(15)7(2)3/h7H,4-5H2,1-3H3,(H,13,14). The zero-order valence-electron chi connectivity index (χ0n) is 9.29. The number of carbonyl (C=O) groups excluding carboxylic acids is 1. The van der Waals surface area contributed by atoms with E-state index >= 15 is 0 Å². The number of H-pyrrole nitrogens is 1. The highest BCUT2D eigenvalue weighted by atomic mass is 16.1. The van der Waals surface area contributed by atoms with Gasteiger partial charge in [-0.1, -0.05) is 20.8 Å². The van der Waals surface area contributed by atoms with Gasteiger partial charge in [0.05, 0.1) is 0 Å². The Morgan fingerprint density at radius 2 is 2.27 bits per heavy atom. The Hall–Kier alpha value is -1.63. The first kappa shape index (κ1) is 11.4. The number of hydrogen-bond acceptors (Lipinski definition) is 3. The van der Waals surface area contributed by atoms with Crippen LogP contribution in [0.2, 0.25) is 0 Å². The molecule has 1 aromatic rings. The fraction of sp³-hybridized carbons (Fsp3) is 0.545. The Balaban J connectivity index is 3.07. The van der Waals surface area contributed by atoms with Crippen molar-refractivity contribution in [2.45, 2.75) is 33.6 Å². The van der Waals surface area contributed by atoms with Gasteiger partial charge in [-0.15, -0.1) is 0 Å². The molecule has 1 heterocycles. The fourth-order valence-electron chi connectivity index (χ4n) is 1.31. The largest absolute Gasteiger partial charge is 0.333 e. The molecule has 0 aliphatic carbocycles. The molecule has 80 valence electrons. The number of aromatic amines is 1. The van der Waals surface area contributed by atoms with Crippen LogP contribution in [-0.4, -0.2) is 15.8 Å². The lowest BCUT2D eigenvalue weighted by atomic mass is 10.1. The van der Waals surface area contributed by atoms with E-state index in [0.29, 0.717) is 0 Å². The lowest BCUT2D eigenvalue weighted by molar-refractivity contribution is 0.0934. The van der Waals surface area contributed by atoms with Gasteiger partial charge in [0.25, 0.3) is 0 Å². The Morgan fingerprint density at radius 3 is 2.73 bits per heavy atom. The van der Waals surface area contributed by atoms with Crippen molar-refractivity contribution in [3.8, 4) is 6.07 Å². The summed E-state index contributed by atoms with van der Waals surface area (Å²) in [6.45, 7) is 5.63. The maximum atomic E-state index is 11.7. The van der Waals surface area contributed by atoms with Crippen LogP contribution in [0.1, 0.15) is 49.2 Å². The number of ketones is 1. The molecule has 0 saturated heterocycles. The van der Waals surface area contributed by atoms with Gasteiger partial charge >= 0.3 is 0 Å². The van der Waals surface area contributed by atoms with E-state index in [4.69, 9.17) is 5.26 Å².